The molecule has 15 rings (SSSR count). The van der Waals surface area contributed by atoms with E-state index in [1.807, 2.05) is 13.8 Å². The lowest BCUT2D eigenvalue weighted by Crippen LogP contribution is -2.64. The van der Waals surface area contributed by atoms with Crippen molar-refractivity contribution in [3.63, 3.8) is 0 Å². The first kappa shape index (κ1) is 58.6. The Morgan fingerprint density at radius 1 is 0.602 bits per heavy atom. The molecule has 20 heteroatoms. The summed E-state index contributed by atoms with van der Waals surface area (Å²) in [6, 6.07) is 0. The highest BCUT2D eigenvalue weighted by molar-refractivity contribution is 5.79. The van der Waals surface area contributed by atoms with Crippen molar-refractivity contribution in [2.24, 2.45) is 23.7 Å². The molecular weight excluding hydrogens is 1080 g/mol. The van der Waals surface area contributed by atoms with E-state index in [0.717, 1.165) is 43.3 Å². The molecule has 15 saturated heterocycles. The molecule has 0 aromatic heterocycles. The molecule has 15 heterocycles. The van der Waals surface area contributed by atoms with E-state index in [-0.39, 0.29) is 104 Å². The van der Waals surface area contributed by atoms with Gasteiger partial charge in [0.2, 0.25) is 11.6 Å². The van der Waals surface area contributed by atoms with Gasteiger partial charge in [-0.15, -0.1) is 0 Å². The molecule has 12 bridgehead atoms. The van der Waals surface area contributed by atoms with Crippen LogP contribution < -0.4 is 0 Å². The molecule has 83 heavy (non-hydrogen) atoms. The first-order valence-corrected chi connectivity index (χ1v) is 32.0. The van der Waals surface area contributed by atoms with Gasteiger partial charge in [0.05, 0.1) is 98.0 Å². The fourth-order valence-electron chi connectivity index (χ4n) is 18.0. The molecule has 15 aliphatic heterocycles. The van der Waals surface area contributed by atoms with Crippen molar-refractivity contribution in [2.45, 2.75) is 322 Å². The molecule has 20 nitrogen and oxygen atoms in total. The minimum atomic E-state index is -1.22. The Bertz CT molecular complexity index is 2450. The summed E-state index contributed by atoms with van der Waals surface area (Å²) >= 11 is 0. The Labute approximate surface area is 488 Å². The summed E-state index contributed by atoms with van der Waals surface area (Å²) in [4.78, 5) is 29.3. The second-order valence-electron chi connectivity index (χ2n) is 27.6. The molecule has 32 unspecified atom stereocenters. The highest BCUT2D eigenvalue weighted by Crippen LogP contribution is 2.63. The molecule has 0 N–H and O–H groups in total. The summed E-state index contributed by atoms with van der Waals surface area (Å²) in [5.74, 6) is -3.89. The van der Waals surface area contributed by atoms with Crippen LogP contribution in [0.15, 0.2) is 24.3 Å². The van der Waals surface area contributed by atoms with Gasteiger partial charge in [0.1, 0.15) is 48.5 Å². The Kier molecular flexibility index (Phi) is 15.9. The van der Waals surface area contributed by atoms with Crippen LogP contribution in [-0.4, -0.2) is 196 Å². The molecule has 0 amide bonds. The monoisotopic (exact) mass is 1170 g/mol. The number of Topliss-reactive ketones (excluding diaryl/α,β-unsaturated/α-hetero) is 1. The summed E-state index contributed by atoms with van der Waals surface area (Å²) in [6.45, 7) is 23.7. The minimum absolute atomic E-state index is 0.00306. The van der Waals surface area contributed by atoms with E-state index in [1.165, 1.54) is 0 Å². The predicted molar refractivity (Wildman–Crippen MR) is 290 cm³/mol. The average Bonchev–Trinajstić information content (AvgIpc) is 1.53. The summed E-state index contributed by atoms with van der Waals surface area (Å²) in [6.07, 6.45) is -2.11. The van der Waals surface area contributed by atoms with Crippen molar-refractivity contribution in [3.05, 3.63) is 24.3 Å². The van der Waals surface area contributed by atoms with E-state index in [9.17, 15) is 9.59 Å². The number of carbonyl (C=O) groups is 2. The molecule has 0 aromatic rings. The number of hydrogen-bond acceptors (Lipinski definition) is 20. The Morgan fingerprint density at radius 2 is 1.35 bits per heavy atom. The van der Waals surface area contributed by atoms with Crippen molar-refractivity contribution in [2.75, 3.05) is 14.2 Å². The molecular formula is C63H92O20. The standard InChI is InChI=1S/C63H92O20/c1-12-40-34(8)68-59-51(74-40)31(5)27-61(83-59)26-30(4)50(67-11)48(79-61)22-36(64)21-45-44(66-10)25-47-52(76-45)33(7)53-46(73-47)24-43-32(6)28(2)19-37(71-43)13-15-41-29(3)20-39(70-41)17-18-62-60-63(78-35(9)69-60)58(82-62)57-56(81-63)55(80-62)54-42(75-57)16-14-38(72-54)23-49(65)77-53/h28,30-31,33-35,37-48,50-60H,3,6,12-27H2,1-2,4-5,7-11H3. The van der Waals surface area contributed by atoms with E-state index < -0.39 is 121 Å². The maximum atomic E-state index is 14.7. The number of methoxy groups -OCH3 is 2. The predicted octanol–water partition coefficient (Wildman–Crippen LogP) is 7.01. The van der Waals surface area contributed by atoms with Crippen LogP contribution in [-0.2, 0) is 94.9 Å². The smallest absolute Gasteiger partial charge is 0.308 e. The zero-order chi connectivity index (χ0) is 57.6. The number of fused-ring (bicyclic) bond motifs is 8. The lowest BCUT2D eigenvalue weighted by atomic mass is 9.78. The SMILES string of the molecule is C=C1CC2CCC34OC5C6OC(CCC6OC6C5OC5(OC(C)OC35)C6O4)CC(=O)OC3C(CC4OC(CCC1O2)CC(C)C4=C)OC1CC(OC)C(CC(=O)CC2OC4(CC(C)C2OC)CC(C)C2OC(CC)C(C)OC2O4)OC1C3C. The number of hydrogen-bond donors (Lipinski definition) is 0. The quantitative estimate of drug-likeness (QED) is 0.186. The molecule has 0 saturated carbocycles. The Morgan fingerprint density at radius 3 is 2.16 bits per heavy atom. The molecule has 0 aromatic carbocycles. The fourth-order valence-corrected chi connectivity index (χ4v) is 18.0. The van der Waals surface area contributed by atoms with Crippen molar-refractivity contribution in [1.29, 1.82) is 0 Å². The maximum absolute atomic E-state index is 14.7. The third kappa shape index (κ3) is 10.2. The number of rotatable bonds is 7. The van der Waals surface area contributed by atoms with Crippen molar-refractivity contribution >= 4 is 11.8 Å². The molecule has 15 aliphatic rings. The van der Waals surface area contributed by atoms with Crippen molar-refractivity contribution < 1.29 is 94.9 Å². The largest absolute Gasteiger partial charge is 0.459 e. The van der Waals surface area contributed by atoms with E-state index >= 15 is 0 Å². The first-order valence-electron chi connectivity index (χ1n) is 32.0. The Balaban J connectivity index is 0.701. The first-order chi connectivity index (χ1) is 39.9. The third-order valence-electron chi connectivity index (χ3n) is 22.0. The molecule has 464 valence electrons. The van der Waals surface area contributed by atoms with Crippen molar-refractivity contribution in [1.82, 2.24) is 0 Å². The molecule has 0 aliphatic carbocycles. The van der Waals surface area contributed by atoms with Gasteiger partial charge < -0.3 is 85.3 Å². The van der Waals surface area contributed by atoms with E-state index in [0.29, 0.717) is 51.4 Å². The van der Waals surface area contributed by atoms with Crippen LogP contribution in [0, 0.1) is 23.7 Å². The highest BCUT2D eigenvalue weighted by atomic mass is 16.9. The van der Waals surface area contributed by atoms with Gasteiger partial charge in [0.25, 0.3) is 0 Å². The molecule has 3 spiro atoms. The van der Waals surface area contributed by atoms with Gasteiger partial charge in [-0.25, -0.2) is 0 Å². The second kappa shape index (κ2) is 22.5. The normalized spacial score (nSPS) is 55.6. The van der Waals surface area contributed by atoms with E-state index in [2.05, 4.69) is 47.8 Å². The maximum Gasteiger partial charge on any atom is 0.308 e. The molecule has 15 fully saturated rings. The van der Waals surface area contributed by atoms with Crippen LogP contribution in [0.2, 0.25) is 0 Å². The van der Waals surface area contributed by atoms with Crippen LogP contribution >= 0.6 is 0 Å². The third-order valence-corrected chi connectivity index (χ3v) is 22.0. The van der Waals surface area contributed by atoms with Crippen LogP contribution in [0.1, 0.15) is 151 Å². The van der Waals surface area contributed by atoms with Crippen LogP contribution in [0.3, 0.4) is 0 Å². The number of ether oxygens (including phenoxy) is 18. The fraction of sp³-hybridized carbons (Fsp3) is 0.905. The molecule has 0 radical (unpaired) electrons. The summed E-state index contributed by atoms with van der Waals surface area (Å²) in [5.41, 5.74) is 2.06. The summed E-state index contributed by atoms with van der Waals surface area (Å²) in [5, 5.41) is 0. The average molecular weight is 1170 g/mol. The number of esters is 1. The summed E-state index contributed by atoms with van der Waals surface area (Å²) < 4.78 is 122. The van der Waals surface area contributed by atoms with Gasteiger partial charge >= 0.3 is 5.97 Å². The Hall–Kier alpha value is -2.06. The van der Waals surface area contributed by atoms with Gasteiger partial charge in [-0.05, 0) is 94.1 Å². The van der Waals surface area contributed by atoms with Crippen molar-refractivity contribution in [3.8, 4) is 0 Å². The summed E-state index contributed by atoms with van der Waals surface area (Å²) in [7, 11) is 3.33. The van der Waals surface area contributed by atoms with Crippen LogP contribution in [0.25, 0.3) is 0 Å². The zero-order valence-electron chi connectivity index (χ0n) is 50.1. The highest BCUT2D eigenvalue weighted by Gasteiger charge is 2.83. The molecule has 32 atom stereocenters. The topological polar surface area (TPSA) is 200 Å². The van der Waals surface area contributed by atoms with Gasteiger partial charge in [-0.1, -0.05) is 47.8 Å². The lowest BCUT2D eigenvalue weighted by molar-refractivity contribution is -0.426. The van der Waals surface area contributed by atoms with Gasteiger partial charge in [-0.2, -0.15) is 0 Å². The number of ketones is 1. The van der Waals surface area contributed by atoms with E-state index in [4.69, 9.17) is 85.3 Å². The second-order valence-corrected chi connectivity index (χ2v) is 27.6. The van der Waals surface area contributed by atoms with E-state index in [1.54, 1.807) is 14.2 Å². The number of carbonyl (C=O) groups excluding carboxylic acids is 2. The van der Waals surface area contributed by atoms with Gasteiger partial charge in [0.15, 0.2) is 24.5 Å². The van der Waals surface area contributed by atoms with Crippen LogP contribution in [0.5, 0.6) is 0 Å². The lowest BCUT2D eigenvalue weighted by Gasteiger charge is -2.55. The zero-order valence-corrected chi connectivity index (χ0v) is 50.1. The van der Waals surface area contributed by atoms with Gasteiger partial charge in [-0.3, -0.25) is 9.59 Å². The minimum Gasteiger partial charge on any atom is -0.459 e. The van der Waals surface area contributed by atoms with Gasteiger partial charge in [0, 0.05) is 65.1 Å². The van der Waals surface area contributed by atoms with Crippen LogP contribution in [0.4, 0.5) is 0 Å².